The monoisotopic (exact) mass is 152 g/mol. The molecule has 4 N–H and O–H groups in total. The van der Waals surface area contributed by atoms with Crippen molar-refractivity contribution in [1.82, 2.24) is 0 Å². The fourth-order valence-electron chi connectivity index (χ4n) is 0.224. The van der Waals surface area contributed by atoms with Crippen LogP contribution < -0.4 is 0 Å². The molecule has 0 fully saturated rings. The Morgan fingerprint density at radius 2 is 1.20 bits per heavy atom. The molecule has 0 aromatic carbocycles. The van der Waals surface area contributed by atoms with Gasteiger partial charge in [-0.1, -0.05) is 0 Å². The van der Waals surface area contributed by atoms with E-state index in [-0.39, 0.29) is 13.2 Å². The predicted octanol–water partition coefficient (Wildman–Crippen LogP) is -0.0264. The molecule has 0 aliphatic carbocycles. The van der Waals surface area contributed by atoms with E-state index in [0.29, 0.717) is 0 Å². The van der Waals surface area contributed by atoms with Crippen molar-refractivity contribution in [1.29, 1.82) is 0 Å². The van der Waals surface area contributed by atoms with Crippen LogP contribution >= 0.6 is 0 Å². The summed E-state index contributed by atoms with van der Waals surface area (Å²) >= 11 is 0. The first-order valence-electron chi connectivity index (χ1n) is 2.78. The molecule has 0 saturated carbocycles. The minimum Gasteiger partial charge on any atom is -0.450 e. The standard InChI is InChI=1S/C4H10O2.CH2O3/c5-3-1-2-4-6;2-1(3)4/h5-6H,1-4H2;(H2,2,3,4). The van der Waals surface area contributed by atoms with Crippen molar-refractivity contribution in [2.75, 3.05) is 13.2 Å². The van der Waals surface area contributed by atoms with E-state index < -0.39 is 6.16 Å². The van der Waals surface area contributed by atoms with Crippen molar-refractivity contribution in [3.05, 3.63) is 0 Å². The number of aliphatic hydroxyl groups excluding tert-OH is 2. The van der Waals surface area contributed by atoms with Crippen LogP contribution in [-0.2, 0) is 0 Å². The number of rotatable bonds is 3. The fraction of sp³-hybridized carbons (Fsp3) is 0.800. The summed E-state index contributed by atoms with van der Waals surface area (Å²) in [4.78, 5) is 8.56. The predicted molar refractivity (Wildman–Crippen MR) is 34.1 cm³/mol. The summed E-state index contributed by atoms with van der Waals surface area (Å²) in [7, 11) is 0. The molecule has 0 aromatic heterocycles. The minimum atomic E-state index is -1.83. The van der Waals surface area contributed by atoms with Gasteiger partial charge in [-0.3, -0.25) is 0 Å². The van der Waals surface area contributed by atoms with Crippen LogP contribution in [0.1, 0.15) is 12.8 Å². The Labute approximate surface area is 58.5 Å². The van der Waals surface area contributed by atoms with E-state index >= 15 is 0 Å². The van der Waals surface area contributed by atoms with Crippen LogP contribution in [0.25, 0.3) is 0 Å². The van der Waals surface area contributed by atoms with Crippen molar-refractivity contribution in [2.45, 2.75) is 12.8 Å². The molecule has 0 aliphatic rings. The Bertz CT molecular complexity index is 64.4. The van der Waals surface area contributed by atoms with E-state index in [0.717, 1.165) is 12.8 Å². The number of unbranched alkanes of at least 4 members (excludes halogenated alkanes) is 1. The topological polar surface area (TPSA) is 98.0 Å². The zero-order valence-electron chi connectivity index (χ0n) is 5.53. The lowest BCUT2D eigenvalue weighted by molar-refractivity contribution is 0.137. The van der Waals surface area contributed by atoms with Crippen LogP contribution in [0.3, 0.4) is 0 Å². The first-order chi connectivity index (χ1) is 4.65. The summed E-state index contributed by atoms with van der Waals surface area (Å²) in [6, 6.07) is 0. The molecule has 62 valence electrons. The number of aliphatic hydroxyl groups is 2. The normalized spacial score (nSPS) is 7.80. The van der Waals surface area contributed by atoms with Gasteiger partial charge in [0.2, 0.25) is 0 Å². The molecule has 0 radical (unpaired) electrons. The van der Waals surface area contributed by atoms with Gasteiger partial charge in [0.05, 0.1) is 0 Å². The molecule has 0 bridgehead atoms. The average molecular weight is 152 g/mol. The van der Waals surface area contributed by atoms with Crippen LogP contribution in [0.15, 0.2) is 0 Å². The largest absolute Gasteiger partial charge is 0.503 e. The van der Waals surface area contributed by atoms with E-state index in [9.17, 15) is 0 Å². The van der Waals surface area contributed by atoms with Crippen molar-refractivity contribution < 1.29 is 25.2 Å². The van der Waals surface area contributed by atoms with Gasteiger partial charge in [-0.15, -0.1) is 0 Å². The lowest BCUT2D eigenvalue weighted by Gasteiger charge is -1.85. The maximum atomic E-state index is 8.56. The molecule has 5 nitrogen and oxygen atoms in total. The summed E-state index contributed by atoms with van der Waals surface area (Å²) in [6.07, 6.45) is -0.396. The second kappa shape index (κ2) is 11.0. The first-order valence-corrected chi connectivity index (χ1v) is 2.78. The van der Waals surface area contributed by atoms with Crippen LogP contribution in [-0.4, -0.2) is 39.8 Å². The van der Waals surface area contributed by atoms with Gasteiger partial charge in [0.15, 0.2) is 0 Å². The molecule has 0 aromatic rings. The van der Waals surface area contributed by atoms with Gasteiger partial charge in [0, 0.05) is 13.2 Å². The van der Waals surface area contributed by atoms with Crippen LogP contribution in [0.4, 0.5) is 4.79 Å². The number of carbonyl (C=O) groups is 1. The van der Waals surface area contributed by atoms with Gasteiger partial charge in [0.25, 0.3) is 0 Å². The van der Waals surface area contributed by atoms with E-state index in [1.54, 1.807) is 0 Å². The average Bonchev–Trinajstić information content (AvgIpc) is 1.82. The number of hydrogen-bond acceptors (Lipinski definition) is 3. The molecule has 0 spiro atoms. The summed E-state index contributed by atoms with van der Waals surface area (Å²) < 4.78 is 0. The summed E-state index contributed by atoms with van der Waals surface area (Å²) in [5.41, 5.74) is 0. The number of hydrogen-bond donors (Lipinski definition) is 4. The minimum absolute atomic E-state index is 0.195. The highest BCUT2D eigenvalue weighted by atomic mass is 16.6. The number of carboxylic acid groups (broad SMARTS) is 2. The molecule has 0 unspecified atom stereocenters. The first kappa shape index (κ1) is 11.9. The van der Waals surface area contributed by atoms with Crippen molar-refractivity contribution >= 4 is 6.16 Å². The van der Waals surface area contributed by atoms with Gasteiger partial charge >= 0.3 is 6.16 Å². The molecule has 0 atom stereocenters. The summed E-state index contributed by atoms with van der Waals surface area (Å²) in [6.45, 7) is 0.390. The van der Waals surface area contributed by atoms with Gasteiger partial charge in [0.1, 0.15) is 0 Å². The lowest BCUT2D eigenvalue weighted by atomic mass is 10.3. The van der Waals surface area contributed by atoms with Gasteiger partial charge in [-0.05, 0) is 12.8 Å². The van der Waals surface area contributed by atoms with E-state index in [2.05, 4.69) is 0 Å². The van der Waals surface area contributed by atoms with E-state index in [1.807, 2.05) is 0 Å². The fourth-order valence-corrected chi connectivity index (χ4v) is 0.224. The molecule has 0 saturated heterocycles. The Hall–Kier alpha value is -0.810. The zero-order valence-corrected chi connectivity index (χ0v) is 5.53. The van der Waals surface area contributed by atoms with Crippen LogP contribution in [0.5, 0.6) is 0 Å². The third-order valence-corrected chi connectivity index (χ3v) is 0.566. The maximum Gasteiger partial charge on any atom is 0.503 e. The molecule has 5 heteroatoms. The summed E-state index contributed by atoms with van der Waals surface area (Å²) in [5.74, 6) is 0. The lowest BCUT2D eigenvalue weighted by Crippen LogP contribution is -1.85. The Morgan fingerprint density at radius 1 is 1.00 bits per heavy atom. The molecule has 0 rings (SSSR count). The summed E-state index contributed by atoms with van der Waals surface area (Å²) in [5, 5.41) is 30.1. The quantitative estimate of drug-likeness (QED) is 0.426. The molecular formula is C5H12O5. The third kappa shape index (κ3) is 57.4. The van der Waals surface area contributed by atoms with Crippen molar-refractivity contribution in [3.8, 4) is 0 Å². The van der Waals surface area contributed by atoms with Crippen LogP contribution in [0, 0.1) is 0 Å². The maximum absolute atomic E-state index is 8.56. The van der Waals surface area contributed by atoms with Gasteiger partial charge in [-0.25, -0.2) is 4.79 Å². The molecule has 0 aliphatic heterocycles. The van der Waals surface area contributed by atoms with Crippen molar-refractivity contribution in [2.24, 2.45) is 0 Å². The zero-order chi connectivity index (χ0) is 8.41. The Balaban J connectivity index is 0. The van der Waals surface area contributed by atoms with Crippen molar-refractivity contribution in [3.63, 3.8) is 0 Å². The molecule has 0 heterocycles. The molecule has 10 heavy (non-hydrogen) atoms. The van der Waals surface area contributed by atoms with Crippen LogP contribution in [0.2, 0.25) is 0 Å². The highest BCUT2D eigenvalue weighted by molar-refractivity contribution is 5.53. The van der Waals surface area contributed by atoms with Gasteiger partial charge < -0.3 is 20.4 Å². The molecular weight excluding hydrogens is 140 g/mol. The third-order valence-electron chi connectivity index (χ3n) is 0.566. The SMILES string of the molecule is O=C(O)O.OCCCCO. The van der Waals surface area contributed by atoms with E-state index in [4.69, 9.17) is 25.2 Å². The molecule has 0 amide bonds. The Kier molecular flexibility index (Phi) is 13.2. The highest BCUT2D eigenvalue weighted by Gasteiger charge is 1.77. The van der Waals surface area contributed by atoms with Gasteiger partial charge in [-0.2, -0.15) is 0 Å². The van der Waals surface area contributed by atoms with E-state index in [1.165, 1.54) is 0 Å². The highest BCUT2D eigenvalue weighted by Crippen LogP contribution is 1.80. The smallest absolute Gasteiger partial charge is 0.450 e. The second-order valence-electron chi connectivity index (χ2n) is 1.44. The Morgan fingerprint density at radius 3 is 1.30 bits per heavy atom. The second-order valence-corrected chi connectivity index (χ2v) is 1.44.